The second-order valence-corrected chi connectivity index (χ2v) is 9.35. The highest BCUT2D eigenvalue weighted by Gasteiger charge is 2.28. The number of carbonyl (C=O) groups excluding carboxylic acids is 1. The van der Waals surface area contributed by atoms with E-state index in [2.05, 4.69) is 10.2 Å². The standard InChI is InChI=1S/C15H25N3O3S2/c1-17(2)9-5-8-16-14(19)12-13-6-7-15(22-13)23(20,21)18-10-3-4-11-18/h6-7H,3-5,8-12H2,1-2H3,(H,16,19). The summed E-state index contributed by atoms with van der Waals surface area (Å²) in [7, 11) is 0.622. The van der Waals surface area contributed by atoms with Crippen molar-refractivity contribution in [2.75, 3.05) is 40.3 Å². The lowest BCUT2D eigenvalue weighted by atomic mass is 10.3. The normalized spacial score (nSPS) is 16.1. The molecule has 1 N–H and O–H groups in total. The van der Waals surface area contributed by atoms with Crippen LogP contribution < -0.4 is 5.32 Å². The van der Waals surface area contributed by atoms with Gasteiger partial charge in [0.25, 0.3) is 10.0 Å². The van der Waals surface area contributed by atoms with Crippen molar-refractivity contribution in [3.63, 3.8) is 0 Å². The van der Waals surface area contributed by atoms with Gasteiger partial charge in [-0.1, -0.05) is 0 Å². The minimum Gasteiger partial charge on any atom is -0.356 e. The van der Waals surface area contributed by atoms with Crippen molar-refractivity contribution >= 4 is 27.3 Å². The maximum absolute atomic E-state index is 12.4. The Kier molecular flexibility index (Phi) is 6.58. The molecule has 0 bridgehead atoms. The molecule has 23 heavy (non-hydrogen) atoms. The summed E-state index contributed by atoms with van der Waals surface area (Å²) in [6.07, 6.45) is 2.99. The zero-order chi connectivity index (χ0) is 16.9. The number of amides is 1. The average molecular weight is 360 g/mol. The Morgan fingerprint density at radius 1 is 1.30 bits per heavy atom. The maximum atomic E-state index is 12.4. The predicted octanol–water partition coefficient (Wildman–Crippen LogP) is 1.14. The highest BCUT2D eigenvalue weighted by atomic mass is 32.2. The van der Waals surface area contributed by atoms with E-state index in [1.54, 1.807) is 12.1 Å². The molecule has 6 nitrogen and oxygen atoms in total. The topological polar surface area (TPSA) is 69.7 Å². The average Bonchev–Trinajstić information content (AvgIpc) is 3.15. The predicted molar refractivity (Wildman–Crippen MR) is 92.2 cm³/mol. The van der Waals surface area contributed by atoms with Gasteiger partial charge in [-0.2, -0.15) is 4.31 Å². The number of nitrogens with one attached hydrogen (secondary N) is 1. The molecule has 130 valence electrons. The van der Waals surface area contributed by atoms with E-state index in [0.29, 0.717) is 23.8 Å². The molecular formula is C15H25N3O3S2. The van der Waals surface area contributed by atoms with E-state index in [4.69, 9.17) is 0 Å². The van der Waals surface area contributed by atoms with Gasteiger partial charge < -0.3 is 10.2 Å². The van der Waals surface area contributed by atoms with E-state index in [0.717, 1.165) is 30.7 Å². The van der Waals surface area contributed by atoms with E-state index in [1.807, 2.05) is 14.1 Å². The molecule has 2 heterocycles. The number of sulfonamides is 1. The lowest BCUT2D eigenvalue weighted by Gasteiger charge is -2.13. The fourth-order valence-corrected chi connectivity index (χ4v) is 5.52. The zero-order valence-electron chi connectivity index (χ0n) is 13.7. The SMILES string of the molecule is CN(C)CCCNC(=O)Cc1ccc(S(=O)(=O)N2CCCC2)s1. The molecule has 1 aromatic heterocycles. The Labute approximate surface area is 142 Å². The van der Waals surface area contributed by atoms with Gasteiger partial charge in [0.2, 0.25) is 5.91 Å². The van der Waals surface area contributed by atoms with E-state index in [-0.39, 0.29) is 12.3 Å². The Hall–Kier alpha value is -0.960. The summed E-state index contributed by atoms with van der Waals surface area (Å²) >= 11 is 1.20. The fraction of sp³-hybridized carbons (Fsp3) is 0.667. The van der Waals surface area contributed by atoms with E-state index in [1.165, 1.54) is 15.6 Å². The summed E-state index contributed by atoms with van der Waals surface area (Å²) in [6, 6.07) is 3.36. The molecular weight excluding hydrogens is 334 g/mol. The minimum atomic E-state index is -3.37. The molecule has 0 aromatic carbocycles. The smallest absolute Gasteiger partial charge is 0.252 e. The molecule has 1 aromatic rings. The molecule has 1 saturated heterocycles. The van der Waals surface area contributed by atoms with Gasteiger partial charge >= 0.3 is 0 Å². The van der Waals surface area contributed by atoms with Crippen LogP contribution in [0, 0.1) is 0 Å². The number of hydrogen-bond acceptors (Lipinski definition) is 5. The van der Waals surface area contributed by atoms with Crippen LogP contribution in [0.5, 0.6) is 0 Å². The molecule has 0 atom stereocenters. The van der Waals surface area contributed by atoms with Gasteiger partial charge in [0.1, 0.15) is 4.21 Å². The number of hydrogen-bond donors (Lipinski definition) is 1. The summed E-state index contributed by atoms with van der Waals surface area (Å²) in [6.45, 7) is 2.77. The van der Waals surface area contributed by atoms with Crippen LogP contribution >= 0.6 is 11.3 Å². The van der Waals surface area contributed by atoms with Crippen molar-refractivity contribution in [1.82, 2.24) is 14.5 Å². The molecule has 1 aliphatic heterocycles. The second kappa shape index (κ2) is 8.23. The van der Waals surface area contributed by atoms with Crippen LogP contribution in [0.1, 0.15) is 24.1 Å². The van der Waals surface area contributed by atoms with Crippen LogP contribution in [0.2, 0.25) is 0 Å². The number of rotatable bonds is 8. The molecule has 0 spiro atoms. The van der Waals surface area contributed by atoms with Crippen molar-refractivity contribution in [2.45, 2.75) is 29.9 Å². The largest absolute Gasteiger partial charge is 0.356 e. The van der Waals surface area contributed by atoms with Crippen molar-refractivity contribution in [3.05, 3.63) is 17.0 Å². The second-order valence-electron chi connectivity index (χ2n) is 6.02. The van der Waals surface area contributed by atoms with Gasteiger partial charge in [-0.15, -0.1) is 11.3 Å². The van der Waals surface area contributed by atoms with E-state index in [9.17, 15) is 13.2 Å². The van der Waals surface area contributed by atoms with E-state index >= 15 is 0 Å². The molecule has 1 amide bonds. The Morgan fingerprint density at radius 2 is 2.00 bits per heavy atom. The Bertz CT molecular complexity index is 620. The Morgan fingerprint density at radius 3 is 2.65 bits per heavy atom. The molecule has 0 saturated carbocycles. The van der Waals surface area contributed by atoms with Crippen LogP contribution in [-0.4, -0.2) is 63.8 Å². The number of thiophene rings is 1. The highest BCUT2D eigenvalue weighted by Crippen LogP contribution is 2.27. The molecule has 2 rings (SSSR count). The van der Waals surface area contributed by atoms with Gasteiger partial charge in [-0.3, -0.25) is 4.79 Å². The third-order valence-corrected chi connectivity index (χ3v) is 7.19. The first-order valence-electron chi connectivity index (χ1n) is 7.90. The molecule has 0 unspecified atom stereocenters. The summed E-state index contributed by atoms with van der Waals surface area (Å²) in [5.41, 5.74) is 0. The summed E-state index contributed by atoms with van der Waals surface area (Å²) in [5, 5.41) is 2.87. The maximum Gasteiger partial charge on any atom is 0.252 e. The van der Waals surface area contributed by atoms with Gasteiger partial charge in [0, 0.05) is 24.5 Å². The van der Waals surface area contributed by atoms with Gasteiger partial charge in [0.15, 0.2) is 0 Å². The van der Waals surface area contributed by atoms with Crippen molar-refractivity contribution in [1.29, 1.82) is 0 Å². The molecule has 0 aliphatic carbocycles. The summed E-state index contributed by atoms with van der Waals surface area (Å²) < 4.78 is 26.8. The molecule has 1 aliphatic rings. The third-order valence-electron chi connectivity index (χ3n) is 3.74. The summed E-state index contributed by atoms with van der Waals surface area (Å²) in [5.74, 6) is -0.0595. The monoisotopic (exact) mass is 359 g/mol. The Balaban J connectivity index is 1.85. The van der Waals surface area contributed by atoms with Crippen LogP contribution in [0.3, 0.4) is 0 Å². The van der Waals surface area contributed by atoms with Crippen LogP contribution in [0.15, 0.2) is 16.3 Å². The van der Waals surface area contributed by atoms with Gasteiger partial charge in [-0.05, 0) is 52.0 Å². The zero-order valence-corrected chi connectivity index (χ0v) is 15.4. The molecule has 1 fully saturated rings. The third kappa shape index (κ3) is 5.27. The molecule has 0 radical (unpaired) electrons. The van der Waals surface area contributed by atoms with Crippen LogP contribution in [0.4, 0.5) is 0 Å². The van der Waals surface area contributed by atoms with Crippen LogP contribution in [-0.2, 0) is 21.2 Å². The first-order valence-corrected chi connectivity index (χ1v) is 10.2. The lowest BCUT2D eigenvalue weighted by molar-refractivity contribution is -0.120. The lowest BCUT2D eigenvalue weighted by Crippen LogP contribution is -2.28. The highest BCUT2D eigenvalue weighted by molar-refractivity contribution is 7.91. The van der Waals surface area contributed by atoms with Crippen molar-refractivity contribution in [3.8, 4) is 0 Å². The first-order chi connectivity index (χ1) is 10.9. The van der Waals surface area contributed by atoms with Gasteiger partial charge in [-0.25, -0.2) is 8.42 Å². The molecule has 8 heteroatoms. The quantitative estimate of drug-likeness (QED) is 0.707. The first kappa shape index (κ1) is 18.4. The van der Waals surface area contributed by atoms with Crippen molar-refractivity contribution < 1.29 is 13.2 Å². The number of carbonyl (C=O) groups is 1. The van der Waals surface area contributed by atoms with Crippen LogP contribution in [0.25, 0.3) is 0 Å². The minimum absolute atomic E-state index is 0.0595. The summed E-state index contributed by atoms with van der Waals surface area (Å²) in [4.78, 5) is 14.7. The number of nitrogens with zero attached hydrogens (tertiary/aromatic N) is 2. The van der Waals surface area contributed by atoms with Crippen molar-refractivity contribution in [2.24, 2.45) is 0 Å². The van der Waals surface area contributed by atoms with E-state index < -0.39 is 10.0 Å². The fourth-order valence-electron chi connectivity index (χ4n) is 2.49. The van der Waals surface area contributed by atoms with Gasteiger partial charge in [0.05, 0.1) is 6.42 Å².